The Bertz CT molecular complexity index is 752. The molecule has 23 heavy (non-hydrogen) atoms. The van der Waals surface area contributed by atoms with Gasteiger partial charge in [0, 0.05) is 16.2 Å². The van der Waals surface area contributed by atoms with Gasteiger partial charge in [-0.25, -0.2) is 0 Å². The summed E-state index contributed by atoms with van der Waals surface area (Å²) in [6, 6.07) is 15.1. The van der Waals surface area contributed by atoms with Crippen LogP contribution in [0.15, 0.2) is 54.2 Å². The largest absolute Gasteiger partial charge is 0.322 e. The van der Waals surface area contributed by atoms with Crippen LogP contribution in [-0.2, 0) is 9.59 Å². The maximum absolute atomic E-state index is 12.5. The molecular weight excluding hydrogens is 403 g/mol. The zero-order valence-corrected chi connectivity index (χ0v) is 15.0. The van der Waals surface area contributed by atoms with Gasteiger partial charge in [-0.3, -0.25) is 9.59 Å². The van der Waals surface area contributed by atoms with Crippen molar-refractivity contribution < 1.29 is 9.59 Å². The molecule has 0 atom stereocenters. The minimum absolute atomic E-state index is 0.213. The van der Waals surface area contributed by atoms with Gasteiger partial charge in [0.15, 0.2) is 0 Å². The summed E-state index contributed by atoms with van der Waals surface area (Å²) in [6.07, 6.45) is 1.68. The fraction of sp³-hybridized carbons (Fsp3) is 0.111. The second kappa shape index (κ2) is 7.92. The second-order valence-corrected chi connectivity index (χ2v) is 6.30. The van der Waals surface area contributed by atoms with E-state index < -0.39 is 0 Å². The summed E-state index contributed by atoms with van der Waals surface area (Å²) in [4.78, 5) is 23.9. The van der Waals surface area contributed by atoms with Crippen molar-refractivity contribution in [2.24, 2.45) is 0 Å². The highest BCUT2D eigenvalue weighted by Crippen LogP contribution is 2.14. The van der Waals surface area contributed by atoms with Crippen LogP contribution in [0.3, 0.4) is 0 Å². The van der Waals surface area contributed by atoms with E-state index >= 15 is 0 Å². The Balaban J connectivity index is 2.27. The molecule has 0 radical (unpaired) electrons. The minimum atomic E-state index is -0.357. The number of aryl methyl sites for hydroxylation is 1. The fourth-order valence-electron chi connectivity index (χ4n) is 1.98. The van der Waals surface area contributed by atoms with E-state index in [0.29, 0.717) is 5.69 Å². The second-order valence-electron chi connectivity index (χ2n) is 5.06. The third kappa shape index (κ3) is 5.21. The summed E-state index contributed by atoms with van der Waals surface area (Å²) in [6.45, 7) is 3.33. The molecule has 0 saturated carbocycles. The highest BCUT2D eigenvalue weighted by Gasteiger charge is 2.12. The molecule has 0 aliphatic carbocycles. The van der Waals surface area contributed by atoms with Crippen molar-refractivity contribution in [3.05, 3.63) is 68.9 Å². The molecule has 2 aromatic carbocycles. The van der Waals surface area contributed by atoms with Crippen LogP contribution >= 0.6 is 22.6 Å². The summed E-state index contributed by atoms with van der Waals surface area (Å²) in [7, 11) is 0. The average molecular weight is 420 g/mol. The van der Waals surface area contributed by atoms with Crippen LogP contribution in [0.25, 0.3) is 6.08 Å². The summed E-state index contributed by atoms with van der Waals surface area (Å²) < 4.78 is 1.08. The maximum atomic E-state index is 12.5. The molecule has 0 heterocycles. The predicted octanol–water partition coefficient (Wildman–Crippen LogP) is 3.72. The number of hydrogen-bond donors (Lipinski definition) is 2. The van der Waals surface area contributed by atoms with Gasteiger partial charge in [-0.2, -0.15) is 0 Å². The van der Waals surface area contributed by atoms with E-state index in [0.717, 1.165) is 14.7 Å². The Hall–Kier alpha value is -2.15. The molecular formula is C18H17IN2O2. The van der Waals surface area contributed by atoms with Crippen molar-refractivity contribution >= 4 is 46.2 Å². The molecule has 4 nitrogen and oxygen atoms in total. The van der Waals surface area contributed by atoms with Crippen LogP contribution < -0.4 is 10.6 Å². The summed E-state index contributed by atoms with van der Waals surface area (Å²) in [5, 5.41) is 5.38. The van der Waals surface area contributed by atoms with Crippen molar-refractivity contribution in [1.82, 2.24) is 5.32 Å². The monoisotopic (exact) mass is 420 g/mol. The molecule has 0 unspecified atom stereocenters. The summed E-state index contributed by atoms with van der Waals surface area (Å²) in [5.74, 6) is -0.646. The number of anilines is 1. The van der Waals surface area contributed by atoms with Crippen molar-refractivity contribution in [3.8, 4) is 0 Å². The highest BCUT2D eigenvalue weighted by molar-refractivity contribution is 14.1. The molecule has 0 spiro atoms. The van der Waals surface area contributed by atoms with Gasteiger partial charge in [0.25, 0.3) is 5.91 Å². The minimum Gasteiger partial charge on any atom is -0.322 e. The number of hydrogen-bond acceptors (Lipinski definition) is 2. The average Bonchev–Trinajstić information content (AvgIpc) is 2.50. The van der Waals surface area contributed by atoms with Gasteiger partial charge in [0.2, 0.25) is 5.91 Å². The van der Waals surface area contributed by atoms with Crippen LogP contribution in [0.4, 0.5) is 5.69 Å². The van der Waals surface area contributed by atoms with Gasteiger partial charge in [0.1, 0.15) is 5.70 Å². The number of rotatable bonds is 4. The quantitative estimate of drug-likeness (QED) is 0.585. The molecule has 0 fully saturated rings. The SMILES string of the molecule is CC(=O)N/C(=C\c1ccccc1C)C(=O)Nc1ccc(I)cc1. The zero-order valence-electron chi connectivity index (χ0n) is 12.9. The van der Waals surface area contributed by atoms with Crippen LogP contribution in [-0.4, -0.2) is 11.8 Å². The number of halogens is 1. The van der Waals surface area contributed by atoms with Crippen molar-refractivity contribution in [2.75, 3.05) is 5.32 Å². The molecule has 2 N–H and O–H groups in total. The third-order valence-electron chi connectivity index (χ3n) is 3.15. The number of nitrogens with one attached hydrogen (secondary N) is 2. The molecule has 118 valence electrons. The molecule has 2 amide bonds. The molecule has 0 bridgehead atoms. The molecule has 2 aromatic rings. The van der Waals surface area contributed by atoms with E-state index in [2.05, 4.69) is 33.2 Å². The molecule has 0 aliphatic heterocycles. The van der Waals surface area contributed by atoms with Gasteiger partial charge < -0.3 is 10.6 Å². The molecule has 5 heteroatoms. The number of carbonyl (C=O) groups is 2. The molecule has 0 saturated heterocycles. The Morgan fingerprint density at radius 1 is 1.04 bits per heavy atom. The van der Waals surface area contributed by atoms with Gasteiger partial charge in [0.05, 0.1) is 0 Å². The van der Waals surface area contributed by atoms with Crippen molar-refractivity contribution in [1.29, 1.82) is 0 Å². The van der Waals surface area contributed by atoms with E-state index in [9.17, 15) is 9.59 Å². The lowest BCUT2D eigenvalue weighted by molar-refractivity contribution is -0.120. The van der Waals surface area contributed by atoms with E-state index in [1.54, 1.807) is 6.08 Å². The summed E-state index contributed by atoms with van der Waals surface area (Å²) in [5.41, 5.74) is 2.80. The summed E-state index contributed by atoms with van der Waals surface area (Å²) >= 11 is 2.20. The first-order valence-electron chi connectivity index (χ1n) is 7.07. The number of benzene rings is 2. The van der Waals surface area contributed by atoms with Crippen LogP contribution in [0.2, 0.25) is 0 Å². The van der Waals surface area contributed by atoms with E-state index in [1.165, 1.54) is 6.92 Å². The van der Waals surface area contributed by atoms with E-state index in [4.69, 9.17) is 0 Å². The predicted molar refractivity (Wildman–Crippen MR) is 101 cm³/mol. The van der Waals surface area contributed by atoms with Gasteiger partial charge in [-0.1, -0.05) is 24.3 Å². The van der Waals surface area contributed by atoms with Crippen LogP contribution in [0.5, 0.6) is 0 Å². The smallest absolute Gasteiger partial charge is 0.272 e. The van der Waals surface area contributed by atoms with Crippen molar-refractivity contribution in [2.45, 2.75) is 13.8 Å². The first kappa shape index (κ1) is 17.2. The van der Waals surface area contributed by atoms with Crippen LogP contribution in [0, 0.1) is 10.5 Å². The van der Waals surface area contributed by atoms with Crippen molar-refractivity contribution in [3.63, 3.8) is 0 Å². The topological polar surface area (TPSA) is 58.2 Å². The zero-order chi connectivity index (χ0) is 16.8. The standard InChI is InChI=1S/C18H17IN2O2/c1-12-5-3-4-6-14(12)11-17(20-13(2)22)18(23)21-16-9-7-15(19)8-10-16/h3-11H,1-2H3,(H,20,22)(H,21,23)/b17-11-. The first-order valence-corrected chi connectivity index (χ1v) is 8.15. The Kier molecular flexibility index (Phi) is 5.92. The Labute approximate surface area is 149 Å². The molecule has 0 aliphatic rings. The number of carbonyl (C=O) groups excluding carboxylic acids is 2. The van der Waals surface area contributed by atoms with Gasteiger partial charge in [-0.05, 0) is 71.0 Å². The first-order chi connectivity index (χ1) is 11.0. The van der Waals surface area contributed by atoms with Gasteiger partial charge >= 0.3 is 0 Å². The van der Waals surface area contributed by atoms with E-state index in [-0.39, 0.29) is 17.5 Å². The Morgan fingerprint density at radius 3 is 2.30 bits per heavy atom. The third-order valence-corrected chi connectivity index (χ3v) is 3.86. The van der Waals surface area contributed by atoms with E-state index in [1.807, 2.05) is 55.5 Å². The highest BCUT2D eigenvalue weighted by atomic mass is 127. The molecule has 0 aromatic heterocycles. The van der Waals surface area contributed by atoms with Gasteiger partial charge in [-0.15, -0.1) is 0 Å². The Morgan fingerprint density at radius 2 is 1.70 bits per heavy atom. The fourth-order valence-corrected chi connectivity index (χ4v) is 2.34. The lowest BCUT2D eigenvalue weighted by Crippen LogP contribution is -2.29. The molecule has 2 rings (SSSR count). The lowest BCUT2D eigenvalue weighted by Gasteiger charge is -2.10. The number of amides is 2. The van der Waals surface area contributed by atoms with Crippen LogP contribution in [0.1, 0.15) is 18.1 Å². The lowest BCUT2D eigenvalue weighted by atomic mass is 10.1. The normalized spacial score (nSPS) is 11.0. The maximum Gasteiger partial charge on any atom is 0.272 e.